The Bertz CT molecular complexity index is 1660. The van der Waals surface area contributed by atoms with Gasteiger partial charge in [-0.2, -0.15) is 5.11 Å². The zero-order valence-electron chi connectivity index (χ0n) is 18.5. The molecule has 0 heterocycles. The van der Waals surface area contributed by atoms with Crippen LogP contribution in [0.5, 0.6) is 5.75 Å². The van der Waals surface area contributed by atoms with Crippen LogP contribution >= 0.6 is 0 Å². The van der Waals surface area contributed by atoms with Crippen molar-refractivity contribution in [2.45, 2.75) is 11.5 Å². The molecule has 0 saturated heterocycles. The van der Waals surface area contributed by atoms with Crippen molar-refractivity contribution in [2.75, 3.05) is 0 Å². The molecule has 4 aromatic carbocycles. The highest BCUT2D eigenvalue weighted by Crippen LogP contribution is 2.61. The second-order valence-corrected chi connectivity index (χ2v) is 9.02. The van der Waals surface area contributed by atoms with Gasteiger partial charge in [0.15, 0.2) is 17.1 Å². The first kappa shape index (κ1) is 19.8. The van der Waals surface area contributed by atoms with E-state index in [1.165, 1.54) is 12.2 Å². The number of benzene rings is 4. The Morgan fingerprint density at radius 3 is 2.09 bits per heavy atom. The molecule has 0 fully saturated rings. The highest BCUT2D eigenvalue weighted by molar-refractivity contribution is 6.23. The maximum Gasteiger partial charge on any atom is 0.185 e. The smallest absolute Gasteiger partial charge is 0.185 e. The summed E-state index contributed by atoms with van der Waals surface area (Å²) >= 11 is 0. The van der Waals surface area contributed by atoms with Crippen LogP contribution in [0.25, 0.3) is 10.8 Å². The third kappa shape index (κ3) is 2.47. The largest absolute Gasteiger partial charge is 0.506 e. The van der Waals surface area contributed by atoms with Gasteiger partial charge >= 0.3 is 0 Å². The summed E-state index contributed by atoms with van der Waals surface area (Å²) in [6.07, 6.45) is 2.69. The van der Waals surface area contributed by atoms with Crippen molar-refractivity contribution in [1.82, 2.24) is 0 Å². The SMILES string of the molecule is O=C1C=CC(=O)C2=C1C1c3ccccc3C2(N=Nc2c(O)ccc3ccccc23)c2ccccc21. The monoisotopic (exact) mass is 454 g/mol. The molecule has 0 saturated carbocycles. The molecule has 0 radical (unpaired) electrons. The number of aromatic hydroxyl groups is 1. The summed E-state index contributed by atoms with van der Waals surface area (Å²) in [7, 11) is 0. The van der Waals surface area contributed by atoms with E-state index in [0.29, 0.717) is 16.8 Å². The number of allylic oxidation sites excluding steroid dienone is 3. The quantitative estimate of drug-likeness (QED) is 0.296. The van der Waals surface area contributed by atoms with Crippen LogP contribution in [-0.4, -0.2) is 16.7 Å². The number of carbonyl (C=O) groups is 2. The van der Waals surface area contributed by atoms with Gasteiger partial charge in [0, 0.05) is 22.5 Å². The fraction of sp³-hybridized carbons (Fsp3) is 0.0667. The maximum absolute atomic E-state index is 13.4. The molecule has 1 N–H and O–H groups in total. The number of hydrogen-bond donors (Lipinski definition) is 1. The molecule has 4 aromatic rings. The van der Waals surface area contributed by atoms with Crippen LogP contribution in [0.1, 0.15) is 28.2 Å². The summed E-state index contributed by atoms with van der Waals surface area (Å²) in [6, 6.07) is 26.7. The lowest BCUT2D eigenvalue weighted by atomic mass is 9.55. The first-order valence-electron chi connectivity index (χ1n) is 11.4. The molecule has 0 aromatic heterocycles. The number of fused-ring (bicyclic) bond motifs is 1. The van der Waals surface area contributed by atoms with Gasteiger partial charge in [0.2, 0.25) is 0 Å². The average Bonchev–Trinajstić information content (AvgIpc) is 2.90. The number of carbonyl (C=O) groups excluding carboxylic acids is 2. The summed E-state index contributed by atoms with van der Waals surface area (Å²) in [5, 5.41) is 21.9. The van der Waals surface area contributed by atoms with Gasteiger partial charge in [-0.25, -0.2) is 0 Å². The van der Waals surface area contributed by atoms with Gasteiger partial charge in [-0.3, -0.25) is 9.59 Å². The van der Waals surface area contributed by atoms with Gasteiger partial charge < -0.3 is 5.11 Å². The van der Waals surface area contributed by atoms with Crippen LogP contribution in [0.4, 0.5) is 5.69 Å². The fourth-order valence-electron chi connectivity index (χ4n) is 5.92. The van der Waals surface area contributed by atoms with E-state index in [1.807, 2.05) is 78.9 Å². The van der Waals surface area contributed by atoms with Gasteiger partial charge in [0.1, 0.15) is 11.4 Å². The number of ketones is 2. The first-order valence-corrected chi connectivity index (χ1v) is 11.4. The fourth-order valence-corrected chi connectivity index (χ4v) is 5.92. The lowest BCUT2D eigenvalue weighted by molar-refractivity contribution is -0.116. The summed E-state index contributed by atoms with van der Waals surface area (Å²) in [5.74, 6) is -0.757. The lowest BCUT2D eigenvalue weighted by Gasteiger charge is -2.48. The molecule has 5 heteroatoms. The third-order valence-corrected chi connectivity index (χ3v) is 7.32. The van der Waals surface area contributed by atoms with Gasteiger partial charge in [-0.15, -0.1) is 5.11 Å². The molecule has 5 nitrogen and oxygen atoms in total. The Hall–Kier alpha value is -4.64. The second-order valence-electron chi connectivity index (χ2n) is 9.02. The summed E-state index contributed by atoms with van der Waals surface area (Å²) in [5.41, 5.74) is 3.42. The molecular weight excluding hydrogens is 436 g/mol. The maximum atomic E-state index is 13.4. The van der Waals surface area contributed by atoms with Crippen molar-refractivity contribution in [3.63, 3.8) is 0 Å². The van der Waals surface area contributed by atoms with E-state index in [-0.39, 0.29) is 23.2 Å². The van der Waals surface area contributed by atoms with E-state index in [4.69, 9.17) is 5.11 Å². The predicted octanol–water partition coefficient (Wildman–Crippen LogP) is 6.04. The molecule has 0 unspecified atom stereocenters. The van der Waals surface area contributed by atoms with Crippen LogP contribution in [0.15, 0.2) is 118 Å². The lowest BCUT2D eigenvalue weighted by Crippen LogP contribution is -2.45. The van der Waals surface area contributed by atoms with E-state index in [0.717, 1.165) is 33.0 Å². The zero-order valence-corrected chi connectivity index (χ0v) is 18.5. The normalized spacial score (nSPS) is 22.0. The minimum Gasteiger partial charge on any atom is -0.506 e. The molecule has 0 aliphatic heterocycles. The molecule has 0 amide bonds. The van der Waals surface area contributed by atoms with Crippen LogP contribution in [0, 0.1) is 0 Å². The van der Waals surface area contributed by atoms with Crippen LogP contribution in [0.2, 0.25) is 0 Å². The Labute approximate surface area is 200 Å². The van der Waals surface area contributed by atoms with Crippen LogP contribution in [-0.2, 0) is 15.1 Å². The van der Waals surface area contributed by atoms with E-state index in [9.17, 15) is 14.7 Å². The number of azo groups is 1. The number of nitrogens with zero attached hydrogens (tertiary/aromatic N) is 2. The molecule has 0 spiro atoms. The van der Waals surface area contributed by atoms with E-state index in [2.05, 4.69) is 5.11 Å². The minimum atomic E-state index is -1.29. The van der Waals surface area contributed by atoms with Crippen molar-refractivity contribution in [1.29, 1.82) is 0 Å². The Morgan fingerprint density at radius 1 is 0.714 bits per heavy atom. The highest BCUT2D eigenvalue weighted by atomic mass is 16.3. The molecule has 4 aliphatic carbocycles. The van der Waals surface area contributed by atoms with Crippen LogP contribution < -0.4 is 0 Å². The van der Waals surface area contributed by atoms with Gasteiger partial charge in [0.05, 0.1) is 0 Å². The Morgan fingerprint density at radius 2 is 1.34 bits per heavy atom. The predicted molar refractivity (Wildman–Crippen MR) is 132 cm³/mol. The summed E-state index contributed by atoms with van der Waals surface area (Å²) in [4.78, 5) is 26.7. The van der Waals surface area contributed by atoms with E-state index >= 15 is 0 Å². The van der Waals surface area contributed by atoms with Gasteiger partial charge in [-0.1, -0.05) is 78.9 Å². The molecule has 8 rings (SSSR count). The van der Waals surface area contributed by atoms with Crippen molar-refractivity contribution < 1.29 is 14.7 Å². The summed E-state index contributed by atoms with van der Waals surface area (Å²) < 4.78 is 0. The van der Waals surface area contributed by atoms with Crippen molar-refractivity contribution in [3.05, 3.63) is 130 Å². The molecule has 0 atom stereocenters. The topological polar surface area (TPSA) is 79.1 Å². The molecule has 4 aliphatic rings. The van der Waals surface area contributed by atoms with Gasteiger partial charge in [0.25, 0.3) is 0 Å². The van der Waals surface area contributed by atoms with Crippen molar-refractivity contribution in [2.24, 2.45) is 10.2 Å². The van der Waals surface area contributed by atoms with E-state index < -0.39 is 5.54 Å². The first-order chi connectivity index (χ1) is 17.1. The molecule has 166 valence electrons. The van der Waals surface area contributed by atoms with E-state index in [1.54, 1.807) is 6.07 Å². The minimum absolute atomic E-state index is 0.00457. The Balaban J connectivity index is 1.60. The van der Waals surface area contributed by atoms with Crippen molar-refractivity contribution >= 4 is 28.0 Å². The van der Waals surface area contributed by atoms with Gasteiger partial charge in [-0.05, 0) is 45.9 Å². The highest BCUT2D eigenvalue weighted by Gasteiger charge is 2.57. The number of rotatable bonds is 2. The molecular formula is C30H18N2O3. The summed E-state index contributed by atoms with van der Waals surface area (Å²) in [6.45, 7) is 0. The molecule has 35 heavy (non-hydrogen) atoms. The van der Waals surface area contributed by atoms with Crippen LogP contribution in [0.3, 0.4) is 0 Å². The third-order valence-electron chi connectivity index (χ3n) is 7.32. The second kappa shape index (κ2) is 6.93. The number of phenolic OH excluding ortho intramolecular Hbond substituents is 1. The molecule has 2 bridgehead atoms. The number of hydrogen-bond acceptors (Lipinski definition) is 5. The zero-order chi connectivity index (χ0) is 23.7. The average molecular weight is 454 g/mol. The Kier molecular flexibility index (Phi) is 3.92. The number of phenols is 1. The van der Waals surface area contributed by atoms with Crippen molar-refractivity contribution in [3.8, 4) is 5.75 Å². The standard InChI is InChI=1S/C30H18N2O3/c33-23-15-16-24(34)28-27(23)26-19-9-3-5-11-21(19)30(28,22-12-6-4-10-20(22)26)32-31-29-18-8-2-1-7-17(18)13-14-25(29)35/h1-16,26,35H.